The highest BCUT2D eigenvalue weighted by molar-refractivity contribution is 5.96. The number of hydrogen-bond donors (Lipinski definition) is 0. The molecule has 0 spiro atoms. The molecule has 1 amide bonds. The number of aryl methyl sites for hydroxylation is 2. The molecule has 154 valence electrons. The number of amides is 1. The van der Waals surface area contributed by atoms with Crippen molar-refractivity contribution < 1.29 is 4.79 Å². The highest BCUT2D eigenvalue weighted by Gasteiger charge is 2.26. The number of fused-ring (bicyclic) bond motifs is 1. The summed E-state index contributed by atoms with van der Waals surface area (Å²) in [4.78, 5) is 28.9. The summed E-state index contributed by atoms with van der Waals surface area (Å²) in [7, 11) is 0. The third kappa shape index (κ3) is 4.42. The Morgan fingerprint density at radius 2 is 1.83 bits per heavy atom. The van der Waals surface area contributed by atoms with Crippen molar-refractivity contribution in [3.05, 3.63) is 47.4 Å². The van der Waals surface area contributed by atoms with Crippen LogP contribution in [0, 0.1) is 6.92 Å². The molecule has 0 radical (unpaired) electrons. The Kier molecular flexibility index (Phi) is 5.81. The van der Waals surface area contributed by atoms with Crippen LogP contribution in [0.5, 0.6) is 0 Å². The van der Waals surface area contributed by atoms with Gasteiger partial charge in [-0.2, -0.15) is 0 Å². The molecule has 2 aliphatic heterocycles. The number of benzene rings is 1. The Morgan fingerprint density at radius 3 is 2.59 bits per heavy atom. The SMILES string of the molecule is Cc1cc(N2CCN(CC(=O)N3CCCc4ccccc43)CC2)nc(C(C)C)n1. The number of rotatable bonds is 4. The molecule has 4 rings (SSSR count). The average Bonchev–Trinajstić information content (AvgIpc) is 2.73. The Labute approximate surface area is 173 Å². The normalized spacial score (nSPS) is 17.5. The van der Waals surface area contributed by atoms with Crippen LogP contribution in [-0.2, 0) is 11.2 Å². The lowest BCUT2D eigenvalue weighted by atomic mass is 10.0. The molecule has 6 nitrogen and oxygen atoms in total. The second-order valence-corrected chi connectivity index (χ2v) is 8.42. The summed E-state index contributed by atoms with van der Waals surface area (Å²) >= 11 is 0. The van der Waals surface area contributed by atoms with Gasteiger partial charge in [-0.3, -0.25) is 9.69 Å². The first kappa shape index (κ1) is 19.8. The number of hydrogen-bond acceptors (Lipinski definition) is 5. The Hall–Kier alpha value is -2.47. The fourth-order valence-corrected chi connectivity index (χ4v) is 4.20. The number of nitrogens with zero attached hydrogens (tertiary/aromatic N) is 5. The summed E-state index contributed by atoms with van der Waals surface area (Å²) in [6.07, 6.45) is 2.11. The number of anilines is 2. The van der Waals surface area contributed by atoms with Crippen LogP contribution in [0.4, 0.5) is 11.5 Å². The van der Waals surface area contributed by atoms with Crippen LogP contribution >= 0.6 is 0 Å². The molecule has 0 saturated carbocycles. The van der Waals surface area contributed by atoms with Gasteiger partial charge in [0.25, 0.3) is 0 Å². The van der Waals surface area contributed by atoms with Gasteiger partial charge in [0.05, 0.1) is 6.54 Å². The minimum Gasteiger partial charge on any atom is -0.354 e. The van der Waals surface area contributed by atoms with Crippen molar-refractivity contribution in [3.8, 4) is 0 Å². The Morgan fingerprint density at radius 1 is 1.07 bits per heavy atom. The predicted octanol–water partition coefficient (Wildman–Crippen LogP) is 3.01. The Bertz CT molecular complexity index is 873. The van der Waals surface area contributed by atoms with Crippen molar-refractivity contribution in [2.75, 3.05) is 49.1 Å². The molecule has 29 heavy (non-hydrogen) atoms. The quantitative estimate of drug-likeness (QED) is 0.799. The molecule has 1 saturated heterocycles. The third-order valence-electron chi connectivity index (χ3n) is 5.84. The van der Waals surface area contributed by atoms with Crippen molar-refractivity contribution >= 4 is 17.4 Å². The van der Waals surface area contributed by atoms with E-state index in [0.717, 1.165) is 68.6 Å². The van der Waals surface area contributed by atoms with Crippen molar-refractivity contribution in [3.63, 3.8) is 0 Å². The summed E-state index contributed by atoms with van der Waals surface area (Å²) in [6, 6.07) is 10.4. The first-order valence-corrected chi connectivity index (χ1v) is 10.7. The average molecular weight is 394 g/mol. The van der Waals surface area contributed by atoms with Crippen LogP contribution < -0.4 is 9.80 Å². The van der Waals surface area contributed by atoms with E-state index in [4.69, 9.17) is 4.98 Å². The van der Waals surface area contributed by atoms with E-state index >= 15 is 0 Å². The van der Waals surface area contributed by atoms with Crippen molar-refractivity contribution in [2.24, 2.45) is 0 Å². The van der Waals surface area contributed by atoms with Gasteiger partial charge < -0.3 is 9.80 Å². The number of para-hydroxylation sites is 1. The third-order valence-corrected chi connectivity index (χ3v) is 5.84. The van der Waals surface area contributed by atoms with Crippen LogP contribution in [0.2, 0.25) is 0 Å². The zero-order valence-electron chi connectivity index (χ0n) is 17.8. The minimum absolute atomic E-state index is 0.213. The van der Waals surface area contributed by atoms with E-state index < -0.39 is 0 Å². The second kappa shape index (κ2) is 8.49. The number of aromatic nitrogens is 2. The maximum Gasteiger partial charge on any atom is 0.241 e. The lowest BCUT2D eigenvalue weighted by molar-refractivity contribution is -0.119. The molecule has 2 aromatic rings. The van der Waals surface area contributed by atoms with Crippen LogP contribution in [0.3, 0.4) is 0 Å². The largest absolute Gasteiger partial charge is 0.354 e. The zero-order valence-corrected chi connectivity index (χ0v) is 17.8. The predicted molar refractivity (Wildman–Crippen MR) is 117 cm³/mol. The molecule has 1 aromatic heterocycles. The highest BCUT2D eigenvalue weighted by Crippen LogP contribution is 2.27. The molecule has 0 unspecified atom stereocenters. The van der Waals surface area contributed by atoms with Gasteiger partial charge in [0.1, 0.15) is 11.6 Å². The van der Waals surface area contributed by atoms with Gasteiger partial charge in [0.2, 0.25) is 5.91 Å². The summed E-state index contributed by atoms with van der Waals surface area (Å²) < 4.78 is 0. The fraction of sp³-hybridized carbons (Fsp3) is 0.522. The first-order chi connectivity index (χ1) is 14.0. The molecule has 2 aliphatic rings. The summed E-state index contributed by atoms with van der Waals surface area (Å²) in [5.74, 6) is 2.45. The Balaban J connectivity index is 1.37. The molecule has 1 aromatic carbocycles. The maximum absolute atomic E-state index is 13.0. The lowest BCUT2D eigenvalue weighted by Gasteiger charge is -2.37. The van der Waals surface area contributed by atoms with E-state index in [2.05, 4.69) is 52.9 Å². The number of carbonyl (C=O) groups is 1. The number of carbonyl (C=O) groups excluding carboxylic acids is 1. The van der Waals surface area contributed by atoms with Crippen molar-refractivity contribution in [2.45, 2.75) is 39.5 Å². The smallest absolute Gasteiger partial charge is 0.241 e. The first-order valence-electron chi connectivity index (χ1n) is 10.7. The van der Waals surface area contributed by atoms with E-state index in [0.29, 0.717) is 12.5 Å². The molecule has 0 aliphatic carbocycles. The zero-order chi connectivity index (χ0) is 20.4. The van der Waals surface area contributed by atoms with Crippen molar-refractivity contribution in [1.29, 1.82) is 0 Å². The standard InChI is InChI=1S/C23H31N5O/c1-17(2)23-24-18(3)15-21(25-23)27-13-11-26(12-14-27)16-22(29)28-10-6-8-19-7-4-5-9-20(19)28/h4-5,7,9,15,17H,6,8,10-14,16H2,1-3H3. The van der Waals surface area contributed by atoms with Gasteiger partial charge in [-0.15, -0.1) is 0 Å². The second-order valence-electron chi connectivity index (χ2n) is 8.42. The van der Waals surface area contributed by atoms with Crippen molar-refractivity contribution in [1.82, 2.24) is 14.9 Å². The molecule has 0 bridgehead atoms. The van der Waals surface area contributed by atoms with E-state index in [1.165, 1.54) is 5.56 Å². The monoisotopic (exact) mass is 393 g/mol. The summed E-state index contributed by atoms with van der Waals surface area (Å²) in [6.45, 7) is 11.1. The highest BCUT2D eigenvalue weighted by atomic mass is 16.2. The van der Waals surface area contributed by atoms with Gasteiger partial charge in [-0.25, -0.2) is 9.97 Å². The summed E-state index contributed by atoms with van der Waals surface area (Å²) in [5.41, 5.74) is 3.40. The lowest BCUT2D eigenvalue weighted by Crippen LogP contribution is -2.51. The fourth-order valence-electron chi connectivity index (χ4n) is 4.20. The van der Waals surface area contributed by atoms with Gasteiger partial charge in [0, 0.05) is 56.1 Å². The van der Waals surface area contributed by atoms with E-state index in [1.54, 1.807) is 0 Å². The van der Waals surface area contributed by atoms with Crippen LogP contribution in [0.25, 0.3) is 0 Å². The molecule has 1 fully saturated rings. The minimum atomic E-state index is 0.213. The van der Waals surface area contributed by atoms with Gasteiger partial charge >= 0.3 is 0 Å². The van der Waals surface area contributed by atoms with E-state index in [9.17, 15) is 4.79 Å². The van der Waals surface area contributed by atoms with Crippen LogP contribution in [-0.4, -0.2) is 60.0 Å². The van der Waals surface area contributed by atoms with Gasteiger partial charge in [-0.05, 0) is 31.4 Å². The molecular formula is C23H31N5O. The molecule has 0 atom stereocenters. The topological polar surface area (TPSA) is 52.6 Å². The van der Waals surface area contributed by atoms with Gasteiger partial charge in [-0.1, -0.05) is 32.0 Å². The molecule has 3 heterocycles. The molecule has 6 heteroatoms. The number of piperazine rings is 1. The van der Waals surface area contributed by atoms with E-state index in [-0.39, 0.29) is 5.91 Å². The van der Waals surface area contributed by atoms with E-state index in [1.807, 2.05) is 17.9 Å². The summed E-state index contributed by atoms with van der Waals surface area (Å²) in [5, 5.41) is 0. The molecule has 0 N–H and O–H groups in total. The van der Waals surface area contributed by atoms with Gasteiger partial charge in [0.15, 0.2) is 0 Å². The molecular weight excluding hydrogens is 362 g/mol. The van der Waals surface area contributed by atoms with Crippen LogP contribution in [0.15, 0.2) is 30.3 Å². The maximum atomic E-state index is 13.0. The van der Waals surface area contributed by atoms with Crippen LogP contribution in [0.1, 0.15) is 43.3 Å².